The van der Waals surface area contributed by atoms with Crippen molar-refractivity contribution in [2.75, 3.05) is 19.6 Å². The van der Waals surface area contributed by atoms with E-state index < -0.39 is 0 Å². The molecule has 2 aliphatic carbocycles. The third-order valence-corrected chi connectivity index (χ3v) is 5.40. The van der Waals surface area contributed by atoms with Crippen LogP contribution in [0.15, 0.2) is 35.3 Å². The van der Waals surface area contributed by atoms with Crippen molar-refractivity contribution in [1.29, 1.82) is 0 Å². The van der Waals surface area contributed by atoms with Crippen molar-refractivity contribution in [1.82, 2.24) is 16.0 Å². The quantitative estimate of drug-likeness (QED) is 0.362. The molecule has 0 unspecified atom stereocenters. The Morgan fingerprint density at radius 3 is 2.58 bits per heavy atom. The highest BCUT2D eigenvalue weighted by Gasteiger charge is 2.38. The van der Waals surface area contributed by atoms with Crippen LogP contribution in [0.1, 0.15) is 57.4 Å². The first-order chi connectivity index (χ1) is 12.7. The predicted octanol–water partition coefficient (Wildman–Crippen LogP) is 2.72. The number of amides is 1. The lowest BCUT2D eigenvalue weighted by atomic mass is 9.64. The van der Waals surface area contributed by atoms with Crippen molar-refractivity contribution in [2.45, 2.75) is 63.3 Å². The molecule has 0 aromatic heterocycles. The van der Waals surface area contributed by atoms with Crippen molar-refractivity contribution in [3.63, 3.8) is 0 Å². The van der Waals surface area contributed by atoms with Crippen molar-refractivity contribution < 1.29 is 4.79 Å². The van der Waals surface area contributed by atoms with Crippen LogP contribution >= 0.6 is 0 Å². The Morgan fingerprint density at radius 2 is 1.96 bits per heavy atom. The number of benzene rings is 1. The standard InChI is InChI=1S/C21H32N4O/c1-2-22-20(23-15-6-10-19(26)25-18-11-12-18)24-16-21(13-7-14-21)17-8-4-3-5-9-17/h3-5,8-9,18H,2,6-7,10-16H2,1H3,(H,25,26)(H2,22,23,24). The summed E-state index contributed by atoms with van der Waals surface area (Å²) >= 11 is 0. The maximum absolute atomic E-state index is 11.7. The summed E-state index contributed by atoms with van der Waals surface area (Å²) in [6.07, 6.45) is 7.39. The minimum atomic E-state index is 0.175. The van der Waals surface area contributed by atoms with E-state index in [4.69, 9.17) is 4.99 Å². The number of rotatable bonds is 9. The monoisotopic (exact) mass is 356 g/mol. The number of aliphatic imine (C=N–C) groups is 1. The van der Waals surface area contributed by atoms with E-state index in [1.807, 2.05) is 0 Å². The molecule has 142 valence electrons. The molecule has 2 saturated carbocycles. The second-order valence-corrected chi connectivity index (χ2v) is 7.57. The van der Waals surface area contributed by atoms with E-state index in [1.165, 1.54) is 24.8 Å². The van der Waals surface area contributed by atoms with Crippen molar-refractivity contribution >= 4 is 11.9 Å². The molecule has 0 heterocycles. The summed E-state index contributed by atoms with van der Waals surface area (Å²) in [5.41, 5.74) is 1.61. The molecule has 0 aliphatic heterocycles. The van der Waals surface area contributed by atoms with Gasteiger partial charge in [0.2, 0.25) is 5.91 Å². The molecule has 0 bridgehead atoms. The summed E-state index contributed by atoms with van der Waals surface area (Å²) < 4.78 is 0. The van der Waals surface area contributed by atoms with Crippen LogP contribution in [-0.2, 0) is 10.2 Å². The molecule has 0 saturated heterocycles. The van der Waals surface area contributed by atoms with Crippen LogP contribution < -0.4 is 16.0 Å². The zero-order chi connectivity index (χ0) is 18.2. The third-order valence-electron chi connectivity index (χ3n) is 5.40. The number of carbonyl (C=O) groups is 1. The van der Waals surface area contributed by atoms with Gasteiger partial charge in [0.05, 0.1) is 6.54 Å². The van der Waals surface area contributed by atoms with Gasteiger partial charge in [-0.3, -0.25) is 9.79 Å². The van der Waals surface area contributed by atoms with Crippen LogP contribution in [0.25, 0.3) is 0 Å². The molecule has 5 heteroatoms. The fraction of sp³-hybridized carbons (Fsp3) is 0.619. The summed E-state index contributed by atoms with van der Waals surface area (Å²) in [7, 11) is 0. The highest BCUT2D eigenvalue weighted by Crippen LogP contribution is 2.43. The van der Waals surface area contributed by atoms with Crippen LogP contribution in [0, 0.1) is 0 Å². The van der Waals surface area contributed by atoms with Gasteiger partial charge in [-0.05, 0) is 44.6 Å². The molecule has 1 aromatic rings. The molecule has 2 aliphatic rings. The second kappa shape index (κ2) is 9.06. The van der Waals surface area contributed by atoms with Gasteiger partial charge in [-0.15, -0.1) is 0 Å². The van der Waals surface area contributed by atoms with E-state index >= 15 is 0 Å². The van der Waals surface area contributed by atoms with Gasteiger partial charge in [0.15, 0.2) is 5.96 Å². The van der Waals surface area contributed by atoms with Gasteiger partial charge in [-0.2, -0.15) is 0 Å². The van der Waals surface area contributed by atoms with Crippen molar-refractivity contribution in [3.05, 3.63) is 35.9 Å². The van der Waals surface area contributed by atoms with Crippen LogP contribution in [0.5, 0.6) is 0 Å². The van der Waals surface area contributed by atoms with Gasteiger partial charge in [0.1, 0.15) is 0 Å². The molecule has 3 rings (SSSR count). The normalized spacial score (nSPS) is 18.7. The topological polar surface area (TPSA) is 65.5 Å². The smallest absolute Gasteiger partial charge is 0.220 e. The van der Waals surface area contributed by atoms with E-state index in [9.17, 15) is 4.79 Å². The Morgan fingerprint density at radius 1 is 1.19 bits per heavy atom. The summed E-state index contributed by atoms with van der Waals surface area (Å²) in [5, 5.41) is 9.73. The number of hydrogen-bond acceptors (Lipinski definition) is 2. The maximum atomic E-state index is 11.7. The summed E-state index contributed by atoms with van der Waals surface area (Å²) in [5.74, 6) is 1.03. The molecule has 0 radical (unpaired) electrons. The van der Waals surface area contributed by atoms with Gasteiger partial charge in [0, 0.05) is 31.0 Å². The molecule has 0 atom stereocenters. The average Bonchev–Trinajstić information content (AvgIpc) is 3.42. The Hall–Kier alpha value is -2.04. The highest BCUT2D eigenvalue weighted by atomic mass is 16.1. The highest BCUT2D eigenvalue weighted by molar-refractivity contribution is 5.80. The number of nitrogens with one attached hydrogen (secondary N) is 3. The van der Waals surface area contributed by atoms with Crippen molar-refractivity contribution in [2.24, 2.45) is 4.99 Å². The SMILES string of the molecule is CCNC(=NCC1(c2ccccc2)CCC1)NCCCC(=O)NC1CC1. The van der Waals surface area contributed by atoms with Gasteiger partial charge in [-0.1, -0.05) is 36.8 Å². The van der Waals surface area contributed by atoms with E-state index in [1.54, 1.807) is 0 Å². The zero-order valence-corrected chi connectivity index (χ0v) is 15.9. The Balaban J connectivity index is 1.47. The third kappa shape index (κ3) is 5.23. The average molecular weight is 357 g/mol. The van der Waals surface area contributed by atoms with Crippen LogP contribution in [0.4, 0.5) is 0 Å². The molecule has 0 spiro atoms. The predicted molar refractivity (Wildman–Crippen MR) is 106 cm³/mol. The fourth-order valence-corrected chi connectivity index (χ4v) is 3.49. The van der Waals surface area contributed by atoms with E-state index in [0.29, 0.717) is 12.5 Å². The van der Waals surface area contributed by atoms with E-state index in [-0.39, 0.29) is 11.3 Å². The first kappa shape index (κ1) is 18.7. The molecule has 5 nitrogen and oxygen atoms in total. The Bertz CT molecular complexity index is 606. The summed E-state index contributed by atoms with van der Waals surface area (Å²) in [4.78, 5) is 16.6. The van der Waals surface area contributed by atoms with Crippen LogP contribution in [0.3, 0.4) is 0 Å². The lowest BCUT2D eigenvalue weighted by Crippen LogP contribution is -2.42. The molecule has 3 N–H and O–H groups in total. The second-order valence-electron chi connectivity index (χ2n) is 7.57. The Kier molecular flexibility index (Phi) is 6.53. The van der Waals surface area contributed by atoms with Gasteiger partial charge >= 0.3 is 0 Å². The largest absolute Gasteiger partial charge is 0.357 e. The minimum Gasteiger partial charge on any atom is -0.357 e. The first-order valence-electron chi connectivity index (χ1n) is 10.1. The first-order valence-corrected chi connectivity index (χ1v) is 10.1. The van der Waals surface area contributed by atoms with Gasteiger partial charge in [0.25, 0.3) is 0 Å². The van der Waals surface area contributed by atoms with E-state index in [2.05, 4.69) is 53.2 Å². The van der Waals surface area contributed by atoms with Gasteiger partial charge < -0.3 is 16.0 Å². The van der Waals surface area contributed by atoms with E-state index in [0.717, 1.165) is 44.9 Å². The molecule has 1 amide bonds. The maximum Gasteiger partial charge on any atom is 0.220 e. The Labute approximate surface area is 157 Å². The molecule has 1 aromatic carbocycles. The number of hydrogen-bond donors (Lipinski definition) is 3. The zero-order valence-electron chi connectivity index (χ0n) is 15.9. The molecular formula is C21H32N4O. The summed E-state index contributed by atoms with van der Waals surface area (Å²) in [6, 6.07) is 11.2. The molecule has 26 heavy (non-hydrogen) atoms. The number of carbonyl (C=O) groups excluding carboxylic acids is 1. The number of nitrogens with zero attached hydrogens (tertiary/aromatic N) is 1. The fourth-order valence-electron chi connectivity index (χ4n) is 3.49. The number of guanidine groups is 1. The van der Waals surface area contributed by atoms with Crippen LogP contribution in [-0.4, -0.2) is 37.5 Å². The van der Waals surface area contributed by atoms with Gasteiger partial charge in [-0.25, -0.2) is 0 Å². The minimum absolute atomic E-state index is 0.175. The lowest BCUT2D eigenvalue weighted by molar-refractivity contribution is -0.121. The lowest BCUT2D eigenvalue weighted by Gasteiger charge is -2.41. The molecular weight excluding hydrogens is 324 g/mol. The van der Waals surface area contributed by atoms with Crippen LogP contribution in [0.2, 0.25) is 0 Å². The molecule has 2 fully saturated rings. The summed E-state index contributed by atoms with van der Waals surface area (Å²) in [6.45, 7) is 4.50. The van der Waals surface area contributed by atoms with Crippen molar-refractivity contribution in [3.8, 4) is 0 Å².